The van der Waals surface area contributed by atoms with Gasteiger partial charge in [-0.25, -0.2) is 13.1 Å². The van der Waals surface area contributed by atoms with Gasteiger partial charge in [0.2, 0.25) is 10.0 Å². The topological polar surface area (TPSA) is 84.2 Å². The Kier molecular flexibility index (Phi) is 5.51. The smallest absolute Gasteiger partial charge is 0.244 e. The quantitative estimate of drug-likeness (QED) is 0.771. The van der Waals surface area contributed by atoms with Crippen LogP contribution < -0.4 is 10.0 Å². The van der Waals surface area contributed by atoms with Crippen LogP contribution in [0.4, 0.5) is 0 Å². The molecule has 0 saturated heterocycles. The summed E-state index contributed by atoms with van der Waals surface area (Å²) in [6.45, 7) is 0.736. The monoisotopic (exact) mass is 373 g/mol. The Labute approximate surface area is 132 Å². The number of halogens is 1. The Morgan fingerprint density at radius 1 is 1.38 bits per heavy atom. The normalized spacial score (nSPS) is 11.7. The van der Waals surface area contributed by atoms with Crippen LogP contribution in [0.1, 0.15) is 11.5 Å². The molecular weight excluding hydrogens is 358 g/mol. The molecule has 0 aliphatic carbocycles. The predicted octanol–water partition coefficient (Wildman–Crippen LogP) is 1.68. The van der Waals surface area contributed by atoms with E-state index in [1.807, 2.05) is 18.2 Å². The molecule has 0 amide bonds. The maximum absolute atomic E-state index is 12.2. The van der Waals surface area contributed by atoms with E-state index in [9.17, 15) is 8.42 Å². The number of nitrogens with zero attached hydrogens (tertiary/aromatic N) is 1. The van der Waals surface area contributed by atoms with Crippen molar-refractivity contribution in [3.8, 4) is 0 Å². The molecule has 2 aromatic rings. The lowest BCUT2D eigenvalue weighted by atomic mass is 10.3. The van der Waals surface area contributed by atoms with E-state index < -0.39 is 10.0 Å². The molecule has 0 saturated carbocycles. The molecule has 0 atom stereocenters. The summed E-state index contributed by atoms with van der Waals surface area (Å²) in [6.07, 6.45) is 2.21. The molecule has 2 aromatic heterocycles. The van der Waals surface area contributed by atoms with E-state index in [1.165, 1.54) is 6.07 Å². The third-order valence-electron chi connectivity index (χ3n) is 2.75. The van der Waals surface area contributed by atoms with Crippen molar-refractivity contribution in [2.75, 3.05) is 13.6 Å². The molecule has 0 aliphatic heterocycles. The highest BCUT2D eigenvalue weighted by Crippen LogP contribution is 2.25. The van der Waals surface area contributed by atoms with Gasteiger partial charge in [0, 0.05) is 30.9 Å². The van der Waals surface area contributed by atoms with Crippen molar-refractivity contribution in [1.29, 1.82) is 0 Å². The van der Waals surface area contributed by atoms with Gasteiger partial charge < -0.3 is 9.73 Å². The first-order valence-electron chi connectivity index (χ1n) is 6.35. The van der Waals surface area contributed by atoms with Crippen molar-refractivity contribution in [1.82, 2.24) is 15.0 Å². The summed E-state index contributed by atoms with van der Waals surface area (Å²) in [4.78, 5) is 4.25. The lowest BCUT2D eigenvalue weighted by molar-refractivity contribution is 0.470. The Hall–Kier alpha value is -1.22. The minimum absolute atomic E-state index is 0.105. The summed E-state index contributed by atoms with van der Waals surface area (Å²) in [7, 11) is -1.85. The standard InChI is InChI=1S/C13H16BrN3O3S/c1-15-9-11-8-12(13(14)20-11)21(18,19)17-7-5-10-4-2-3-6-16-10/h2-4,6,8,15,17H,5,7,9H2,1H3. The van der Waals surface area contributed by atoms with Gasteiger partial charge in [-0.3, -0.25) is 4.98 Å². The second kappa shape index (κ2) is 7.17. The van der Waals surface area contributed by atoms with Crippen LogP contribution in [-0.2, 0) is 23.0 Å². The van der Waals surface area contributed by atoms with E-state index >= 15 is 0 Å². The van der Waals surface area contributed by atoms with E-state index in [4.69, 9.17) is 4.42 Å². The maximum Gasteiger partial charge on any atom is 0.244 e. The summed E-state index contributed by atoms with van der Waals surface area (Å²) >= 11 is 3.13. The number of hydrogen-bond donors (Lipinski definition) is 2. The molecule has 2 N–H and O–H groups in total. The Morgan fingerprint density at radius 3 is 2.86 bits per heavy atom. The fraction of sp³-hybridized carbons (Fsp3) is 0.308. The maximum atomic E-state index is 12.2. The van der Waals surface area contributed by atoms with Crippen LogP contribution in [0.25, 0.3) is 0 Å². The van der Waals surface area contributed by atoms with Crippen LogP contribution in [0.5, 0.6) is 0 Å². The minimum atomic E-state index is -3.60. The molecule has 6 nitrogen and oxygen atoms in total. The van der Waals surface area contributed by atoms with Crippen LogP contribution in [0, 0.1) is 0 Å². The van der Waals surface area contributed by atoms with Gasteiger partial charge >= 0.3 is 0 Å². The van der Waals surface area contributed by atoms with Gasteiger partial charge in [-0.15, -0.1) is 0 Å². The average Bonchev–Trinajstić information content (AvgIpc) is 2.82. The molecule has 0 spiro atoms. The number of rotatable bonds is 7. The number of furan rings is 1. The van der Waals surface area contributed by atoms with Crippen LogP contribution >= 0.6 is 15.9 Å². The molecule has 0 unspecified atom stereocenters. The number of aromatic nitrogens is 1. The van der Waals surface area contributed by atoms with E-state index in [-0.39, 0.29) is 16.1 Å². The Bertz CT molecular complexity index is 686. The van der Waals surface area contributed by atoms with Gasteiger partial charge in [-0.2, -0.15) is 0 Å². The highest BCUT2D eigenvalue weighted by atomic mass is 79.9. The number of pyridine rings is 1. The largest absolute Gasteiger partial charge is 0.452 e. The van der Waals surface area contributed by atoms with Crippen LogP contribution in [-0.4, -0.2) is 27.0 Å². The predicted molar refractivity (Wildman–Crippen MR) is 82.3 cm³/mol. The van der Waals surface area contributed by atoms with E-state index in [0.717, 1.165) is 5.69 Å². The first kappa shape index (κ1) is 16.2. The fourth-order valence-corrected chi connectivity index (χ4v) is 3.81. The van der Waals surface area contributed by atoms with Crippen molar-refractivity contribution in [2.24, 2.45) is 0 Å². The minimum Gasteiger partial charge on any atom is -0.452 e. The van der Waals surface area contributed by atoms with Crippen molar-refractivity contribution >= 4 is 26.0 Å². The van der Waals surface area contributed by atoms with Gasteiger partial charge in [0.15, 0.2) is 4.67 Å². The molecule has 0 fully saturated rings. The molecule has 0 bridgehead atoms. The number of sulfonamides is 1. The Morgan fingerprint density at radius 2 is 2.19 bits per heavy atom. The van der Waals surface area contributed by atoms with E-state index in [1.54, 1.807) is 13.2 Å². The summed E-state index contributed by atoms with van der Waals surface area (Å²) in [5.41, 5.74) is 0.835. The highest BCUT2D eigenvalue weighted by Gasteiger charge is 2.21. The second-order valence-corrected chi connectivity index (χ2v) is 6.81. The zero-order valence-electron chi connectivity index (χ0n) is 11.5. The summed E-state index contributed by atoms with van der Waals surface area (Å²) in [6, 6.07) is 7.05. The zero-order chi connectivity index (χ0) is 15.3. The van der Waals surface area contributed by atoms with E-state index in [0.29, 0.717) is 18.7 Å². The van der Waals surface area contributed by atoms with Crippen LogP contribution in [0.15, 0.2) is 44.4 Å². The molecule has 2 heterocycles. The van der Waals surface area contributed by atoms with Crippen molar-refractivity contribution in [3.63, 3.8) is 0 Å². The molecular formula is C13H16BrN3O3S. The molecule has 0 aliphatic rings. The summed E-state index contributed by atoms with van der Waals surface area (Å²) in [5.74, 6) is 0.550. The molecule has 21 heavy (non-hydrogen) atoms. The number of hydrogen-bond acceptors (Lipinski definition) is 5. The van der Waals surface area contributed by atoms with Gasteiger partial charge in [-0.05, 0) is 35.1 Å². The molecule has 0 radical (unpaired) electrons. The summed E-state index contributed by atoms with van der Waals surface area (Å²) < 4.78 is 32.5. The van der Waals surface area contributed by atoms with E-state index in [2.05, 4.69) is 31.0 Å². The Balaban J connectivity index is 2.01. The molecule has 2 rings (SSSR count). The molecule has 0 aromatic carbocycles. The third-order valence-corrected chi connectivity index (χ3v) is 5.06. The average molecular weight is 374 g/mol. The van der Waals surface area contributed by atoms with Crippen molar-refractivity contribution in [2.45, 2.75) is 17.9 Å². The molecule has 8 heteroatoms. The number of nitrogens with one attached hydrogen (secondary N) is 2. The van der Waals surface area contributed by atoms with Crippen molar-refractivity contribution in [3.05, 3.63) is 46.6 Å². The van der Waals surface area contributed by atoms with Crippen molar-refractivity contribution < 1.29 is 12.8 Å². The lowest BCUT2D eigenvalue weighted by Crippen LogP contribution is -2.26. The fourth-order valence-electron chi connectivity index (χ4n) is 1.78. The highest BCUT2D eigenvalue weighted by molar-refractivity contribution is 9.10. The van der Waals surface area contributed by atoms with Crippen LogP contribution in [0.2, 0.25) is 0 Å². The van der Waals surface area contributed by atoms with Crippen LogP contribution in [0.3, 0.4) is 0 Å². The third kappa shape index (κ3) is 4.37. The lowest BCUT2D eigenvalue weighted by Gasteiger charge is -2.04. The zero-order valence-corrected chi connectivity index (χ0v) is 13.9. The van der Waals surface area contributed by atoms with Gasteiger partial charge in [0.05, 0.1) is 6.54 Å². The summed E-state index contributed by atoms with van der Waals surface area (Å²) in [5, 5.41) is 2.90. The second-order valence-electron chi connectivity index (χ2n) is 4.35. The first-order chi connectivity index (χ1) is 10.0. The van der Waals surface area contributed by atoms with Gasteiger partial charge in [0.25, 0.3) is 0 Å². The SMILES string of the molecule is CNCc1cc(S(=O)(=O)NCCc2ccccn2)c(Br)o1. The van der Waals surface area contributed by atoms with Gasteiger partial charge in [0.1, 0.15) is 10.7 Å². The van der Waals surface area contributed by atoms with Gasteiger partial charge in [-0.1, -0.05) is 6.07 Å². The molecule has 114 valence electrons. The first-order valence-corrected chi connectivity index (χ1v) is 8.63.